The van der Waals surface area contributed by atoms with E-state index in [0.29, 0.717) is 25.2 Å². The summed E-state index contributed by atoms with van der Waals surface area (Å²) in [4.78, 5) is 23.7. The number of carboxylic acid groups (broad SMARTS) is 1. The topological polar surface area (TPSA) is 98.9 Å². The third-order valence-corrected chi connectivity index (χ3v) is 5.41. The maximum atomic E-state index is 12.5. The molecule has 2 saturated carbocycles. The van der Waals surface area contributed by atoms with E-state index in [4.69, 9.17) is 15.2 Å². The number of para-hydroxylation sites is 1. The van der Waals surface area contributed by atoms with E-state index in [1.54, 1.807) is 0 Å². The molecule has 3 N–H and O–H groups in total. The molecule has 4 atom stereocenters. The summed E-state index contributed by atoms with van der Waals surface area (Å²) in [5.74, 6) is -1.46. The predicted octanol–water partition coefficient (Wildman–Crippen LogP) is 2.77. The van der Waals surface area contributed by atoms with Gasteiger partial charge in [0.2, 0.25) is 0 Å². The van der Waals surface area contributed by atoms with Crippen molar-refractivity contribution in [3.8, 4) is 5.75 Å². The van der Waals surface area contributed by atoms with Gasteiger partial charge in [-0.3, -0.25) is 9.59 Å². The van der Waals surface area contributed by atoms with E-state index in [9.17, 15) is 14.7 Å². The van der Waals surface area contributed by atoms with E-state index < -0.39 is 23.4 Å². The molecule has 0 aromatic heterocycles. The number of carbonyl (C=O) groups excluding carboxylic acids is 1. The highest BCUT2D eigenvalue weighted by Gasteiger charge is 2.70. The summed E-state index contributed by atoms with van der Waals surface area (Å²) in [5.41, 5.74) is 5.86. The van der Waals surface area contributed by atoms with E-state index in [-0.39, 0.29) is 30.8 Å². The maximum absolute atomic E-state index is 12.5. The summed E-state index contributed by atoms with van der Waals surface area (Å²) in [6.07, 6.45) is 3.16. The quantitative estimate of drug-likeness (QED) is 0.529. The lowest BCUT2D eigenvalue weighted by Gasteiger charge is -2.25. The Kier molecular flexibility index (Phi) is 6.53. The zero-order chi connectivity index (χ0) is 18.0. The lowest BCUT2D eigenvalue weighted by Crippen LogP contribution is -2.50. The van der Waals surface area contributed by atoms with Crippen LogP contribution in [-0.4, -0.2) is 29.2 Å². The number of carboxylic acids is 1. The van der Waals surface area contributed by atoms with Gasteiger partial charge in [-0.15, -0.1) is 12.4 Å². The van der Waals surface area contributed by atoms with Crippen LogP contribution >= 0.6 is 12.4 Å². The summed E-state index contributed by atoms with van der Waals surface area (Å²) >= 11 is 0. The number of benzene rings is 1. The summed E-state index contributed by atoms with van der Waals surface area (Å²) in [5, 5.41) is 9.20. The van der Waals surface area contributed by atoms with E-state index in [1.807, 2.05) is 24.3 Å². The molecule has 144 valence electrons. The third-order valence-electron chi connectivity index (χ3n) is 5.41. The Bertz CT molecular complexity index is 667. The maximum Gasteiger partial charge on any atom is 0.326 e. The van der Waals surface area contributed by atoms with Gasteiger partial charge in [-0.05, 0) is 31.2 Å². The van der Waals surface area contributed by atoms with Crippen molar-refractivity contribution in [1.82, 2.24) is 0 Å². The molecule has 0 bridgehead atoms. The Morgan fingerprint density at radius 1 is 1.35 bits per heavy atom. The molecular formula is C19H26ClNO5. The van der Waals surface area contributed by atoms with Gasteiger partial charge in [0.25, 0.3) is 0 Å². The highest BCUT2D eigenvalue weighted by molar-refractivity contribution is 5.86. The van der Waals surface area contributed by atoms with Crippen molar-refractivity contribution in [3.63, 3.8) is 0 Å². The molecule has 0 amide bonds. The van der Waals surface area contributed by atoms with Crippen LogP contribution in [0.1, 0.15) is 38.2 Å². The lowest BCUT2D eigenvalue weighted by molar-refractivity contribution is -0.153. The molecule has 0 saturated heterocycles. The van der Waals surface area contributed by atoms with Gasteiger partial charge in [0, 0.05) is 11.5 Å². The molecule has 1 aromatic carbocycles. The molecule has 0 heterocycles. The van der Waals surface area contributed by atoms with Gasteiger partial charge in [0.15, 0.2) is 0 Å². The lowest BCUT2D eigenvalue weighted by atomic mass is 9.91. The molecule has 0 aliphatic heterocycles. The van der Waals surface area contributed by atoms with Crippen LogP contribution in [0.25, 0.3) is 0 Å². The first kappa shape index (κ1) is 20.5. The fraction of sp³-hybridized carbons (Fsp3) is 0.579. The van der Waals surface area contributed by atoms with Gasteiger partial charge in [0.05, 0.1) is 12.5 Å². The van der Waals surface area contributed by atoms with E-state index in [0.717, 1.165) is 18.4 Å². The summed E-state index contributed by atoms with van der Waals surface area (Å²) in [6.45, 7) is 2.79. The Hall–Kier alpha value is -1.79. The standard InChI is InChI=1S/C19H25NO5.ClH/c1-2-3-10-24-14-7-5-4-6-12(14)11-25-18(23)19(20)9-8-13-15(16(13)19)17(21)22;/h4-7,13,15-16H,2-3,8-11,20H2,1H3,(H,21,22);1H/t13-,15-,16-,19-;/m0./s1. The largest absolute Gasteiger partial charge is 0.493 e. The first-order valence-corrected chi connectivity index (χ1v) is 8.88. The van der Waals surface area contributed by atoms with Gasteiger partial charge in [-0.25, -0.2) is 0 Å². The van der Waals surface area contributed by atoms with E-state index in [2.05, 4.69) is 6.92 Å². The van der Waals surface area contributed by atoms with Gasteiger partial charge in [0.1, 0.15) is 17.9 Å². The molecule has 26 heavy (non-hydrogen) atoms. The third kappa shape index (κ3) is 3.81. The second-order valence-corrected chi connectivity index (χ2v) is 7.02. The number of nitrogens with two attached hydrogens (primary N) is 1. The Balaban J connectivity index is 0.00000243. The summed E-state index contributed by atoms with van der Waals surface area (Å²) < 4.78 is 11.2. The number of hydrogen-bond donors (Lipinski definition) is 2. The molecule has 0 spiro atoms. The number of esters is 1. The van der Waals surface area contributed by atoms with Crippen molar-refractivity contribution in [2.45, 2.75) is 44.8 Å². The van der Waals surface area contributed by atoms with Crippen molar-refractivity contribution in [1.29, 1.82) is 0 Å². The molecule has 2 aliphatic carbocycles. The van der Waals surface area contributed by atoms with Crippen molar-refractivity contribution >= 4 is 24.3 Å². The fourth-order valence-electron chi connectivity index (χ4n) is 3.95. The minimum Gasteiger partial charge on any atom is -0.493 e. The predicted molar refractivity (Wildman–Crippen MR) is 98.1 cm³/mol. The number of halogens is 1. The minimum absolute atomic E-state index is 0. The number of fused-ring (bicyclic) bond motifs is 1. The summed E-state index contributed by atoms with van der Waals surface area (Å²) in [7, 11) is 0. The molecular weight excluding hydrogens is 358 g/mol. The second-order valence-electron chi connectivity index (χ2n) is 7.02. The SMILES string of the molecule is CCCCOc1ccccc1COC(=O)[C@]1(N)CC[C@H]2[C@H](C(=O)O)[C@H]21.Cl. The van der Waals surface area contributed by atoms with Gasteiger partial charge >= 0.3 is 11.9 Å². The number of rotatable bonds is 8. The number of unbranched alkanes of at least 4 members (excludes halogenated alkanes) is 1. The minimum atomic E-state index is -1.17. The van der Waals surface area contributed by atoms with Crippen molar-refractivity contribution in [2.75, 3.05) is 6.61 Å². The molecule has 2 aliphatic rings. The van der Waals surface area contributed by atoms with Gasteiger partial charge in [-0.1, -0.05) is 31.5 Å². The average Bonchev–Trinajstić information content (AvgIpc) is 3.25. The van der Waals surface area contributed by atoms with Crippen LogP contribution in [0.3, 0.4) is 0 Å². The summed E-state index contributed by atoms with van der Waals surface area (Å²) in [6, 6.07) is 7.44. The van der Waals surface area contributed by atoms with Crippen LogP contribution in [0, 0.1) is 17.8 Å². The highest BCUT2D eigenvalue weighted by atomic mass is 35.5. The van der Waals surface area contributed by atoms with E-state index in [1.165, 1.54) is 0 Å². The van der Waals surface area contributed by atoms with E-state index >= 15 is 0 Å². The smallest absolute Gasteiger partial charge is 0.326 e. The van der Waals surface area contributed by atoms with Crippen LogP contribution in [-0.2, 0) is 20.9 Å². The Labute approximate surface area is 159 Å². The molecule has 3 rings (SSSR count). The first-order valence-electron chi connectivity index (χ1n) is 8.88. The molecule has 7 heteroatoms. The van der Waals surface area contributed by atoms with Crippen LogP contribution in [0.5, 0.6) is 5.75 Å². The molecule has 6 nitrogen and oxygen atoms in total. The first-order chi connectivity index (χ1) is 12.0. The number of aliphatic carboxylic acids is 1. The molecule has 1 aromatic rings. The van der Waals surface area contributed by atoms with Crippen LogP contribution in [0.2, 0.25) is 0 Å². The molecule has 2 fully saturated rings. The van der Waals surface area contributed by atoms with Crippen LogP contribution < -0.4 is 10.5 Å². The Morgan fingerprint density at radius 2 is 2.08 bits per heavy atom. The van der Waals surface area contributed by atoms with Crippen molar-refractivity contribution < 1.29 is 24.2 Å². The van der Waals surface area contributed by atoms with Gasteiger partial charge < -0.3 is 20.3 Å². The number of hydrogen-bond acceptors (Lipinski definition) is 5. The van der Waals surface area contributed by atoms with Crippen molar-refractivity contribution in [3.05, 3.63) is 29.8 Å². The zero-order valence-corrected chi connectivity index (χ0v) is 15.7. The zero-order valence-electron chi connectivity index (χ0n) is 14.8. The normalized spacial score (nSPS) is 28.6. The number of carbonyl (C=O) groups is 2. The molecule has 0 unspecified atom stereocenters. The highest BCUT2D eigenvalue weighted by Crippen LogP contribution is 2.61. The second kappa shape index (κ2) is 8.27. The van der Waals surface area contributed by atoms with Crippen molar-refractivity contribution in [2.24, 2.45) is 23.5 Å². The average molecular weight is 384 g/mol. The van der Waals surface area contributed by atoms with Crippen LogP contribution in [0.4, 0.5) is 0 Å². The monoisotopic (exact) mass is 383 g/mol. The van der Waals surface area contributed by atoms with Gasteiger partial charge in [-0.2, -0.15) is 0 Å². The number of ether oxygens (including phenoxy) is 2. The van der Waals surface area contributed by atoms with Crippen LogP contribution in [0.15, 0.2) is 24.3 Å². The fourth-order valence-corrected chi connectivity index (χ4v) is 3.95. The Morgan fingerprint density at radius 3 is 2.73 bits per heavy atom. The molecule has 0 radical (unpaired) electrons.